The Kier molecular flexibility index (Phi) is 5.11. The van der Waals surface area contributed by atoms with Crippen LogP contribution in [0.4, 0.5) is 17.6 Å². The molecule has 1 nitrogen and oxygen atoms in total. The van der Waals surface area contributed by atoms with E-state index in [9.17, 15) is 17.6 Å². The highest BCUT2D eigenvalue weighted by molar-refractivity contribution is 5.54. The topological polar surface area (TPSA) is 12.0 Å². The van der Waals surface area contributed by atoms with E-state index in [1.807, 2.05) is 20.8 Å². The normalized spacial score (nSPS) is 13.2. The molecule has 0 radical (unpaired) electrons. The first-order valence-electron chi connectivity index (χ1n) is 5.97. The maximum absolute atomic E-state index is 13.1. The van der Waals surface area contributed by atoms with Gasteiger partial charge in [-0.05, 0) is 24.6 Å². The predicted octanol–water partition coefficient (Wildman–Crippen LogP) is 4.25. The average Bonchev–Trinajstić information content (AvgIpc) is 2.27. The summed E-state index contributed by atoms with van der Waals surface area (Å²) in [7, 11) is 0. The molecular weight excluding hydrogens is 258 g/mol. The third-order valence-corrected chi connectivity index (χ3v) is 2.50. The third kappa shape index (κ3) is 5.03. The molecular formula is C14H17F4N. The molecule has 0 fully saturated rings. The Bertz CT molecular complexity index is 461. The van der Waals surface area contributed by atoms with Gasteiger partial charge in [0.05, 0.1) is 5.56 Å². The summed E-state index contributed by atoms with van der Waals surface area (Å²) in [6, 6.07) is 3.30. The molecule has 1 aromatic carbocycles. The van der Waals surface area contributed by atoms with Gasteiger partial charge in [-0.25, -0.2) is 4.39 Å². The molecule has 0 amide bonds. The number of benzene rings is 1. The van der Waals surface area contributed by atoms with Gasteiger partial charge in [0.2, 0.25) is 0 Å². The minimum atomic E-state index is -4.67. The Morgan fingerprint density at radius 3 is 2.47 bits per heavy atom. The van der Waals surface area contributed by atoms with Gasteiger partial charge in [-0.2, -0.15) is 13.2 Å². The van der Waals surface area contributed by atoms with Crippen LogP contribution >= 0.6 is 0 Å². The molecule has 0 spiro atoms. The van der Waals surface area contributed by atoms with Crippen molar-refractivity contribution in [3.05, 3.63) is 40.7 Å². The van der Waals surface area contributed by atoms with Crippen LogP contribution in [0.15, 0.2) is 23.8 Å². The Balaban J connectivity index is 2.94. The predicted molar refractivity (Wildman–Crippen MR) is 68.2 cm³/mol. The summed E-state index contributed by atoms with van der Waals surface area (Å²) >= 11 is 0. The Hall–Kier alpha value is -1.36. The summed E-state index contributed by atoms with van der Waals surface area (Å²) in [5.41, 5.74) is -0.00363. The summed E-state index contributed by atoms with van der Waals surface area (Å²) < 4.78 is 50.7. The van der Waals surface area contributed by atoms with Crippen LogP contribution in [0.25, 0.3) is 6.08 Å². The van der Waals surface area contributed by atoms with E-state index in [1.165, 1.54) is 6.07 Å². The van der Waals surface area contributed by atoms with Crippen LogP contribution in [0.1, 0.15) is 31.9 Å². The van der Waals surface area contributed by atoms with Crippen molar-refractivity contribution in [1.82, 2.24) is 5.32 Å². The SMILES string of the molecule is C/C(=C\c1ccc(F)c(C(F)(F)F)c1)CNC(C)C. The smallest absolute Gasteiger partial charge is 0.311 e. The van der Waals surface area contributed by atoms with Crippen molar-refractivity contribution in [2.24, 2.45) is 0 Å². The first-order valence-corrected chi connectivity index (χ1v) is 5.97. The van der Waals surface area contributed by atoms with Crippen LogP contribution in [-0.4, -0.2) is 12.6 Å². The Labute approximate surface area is 110 Å². The second-order valence-electron chi connectivity index (χ2n) is 4.76. The zero-order valence-electron chi connectivity index (χ0n) is 11.1. The fourth-order valence-corrected chi connectivity index (χ4v) is 1.55. The molecule has 0 unspecified atom stereocenters. The second kappa shape index (κ2) is 6.19. The van der Waals surface area contributed by atoms with Gasteiger partial charge in [0.25, 0.3) is 0 Å². The zero-order chi connectivity index (χ0) is 14.6. The average molecular weight is 275 g/mol. The van der Waals surface area contributed by atoms with Gasteiger partial charge in [0.1, 0.15) is 5.82 Å². The van der Waals surface area contributed by atoms with Gasteiger partial charge < -0.3 is 5.32 Å². The lowest BCUT2D eigenvalue weighted by molar-refractivity contribution is -0.140. The molecule has 1 aromatic rings. The first kappa shape index (κ1) is 15.7. The van der Waals surface area contributed by atoms with Gasteiger partial charge in [0, 0.05) is 12.6 Å². The number of alkyl halides is 3. The molecule has 1 N–H and O–H groups in total. The zero-order valence-corrected chi connectivity index (χ0v) is 11.1. The van der Waals surface area contributed by atoms with E-state index in [-0.39, 0.29) is 0 Å². The van der Waals surface area contributed by atoms with Crippen molar-refractivity contribution in [3.63, 3.8) is 0 Å². The van der Waals surface area contributed by atoms with Crippen molar-refractivity contribution in [2.75, 3.05) is 6.54 Å². The molecule has 5 heteroatoms. The molecule has 1 rings (SSSR count). The van der Waals surface area contributed by atoms with Gasteiger partial charge in [-0.3, -0.25) is 0 Å². The van der Waals surface area contributed by atoms with Crippen molar-refractivity contribution >= 4 is 6.08 Å². The summed E-state index contributed by atoms with van der Waals surface area (Å²) in [5.74, 6) is -1.25. The Morgan fingerprint density at radius 2 is 1.95 bits per heavy atom. The molecule has 19 heavy (non-hydrogen) atoms. The van der Waals surface area contributed by atoms with Crippen molar-refractivity contribution in [3.8, 4) is 0 Å². The molecule has 0 saturated heterocycles. The van der Waals surface area contributed by atoms with Crippen LogP contribution in [-0.2, 0) is 6.18 Å². The number of halogens is 4. The number of nitrogens with one attached hydrogen (secondary N) is 1. The molecule has 0 heterocycles. The van der Waals surface area contributed by atoms with Gasteiger partial charge in [0.15, 0.2) is 0 Å². The maximum atomic E-state index is 13.1. The Morgan fingerprint density at radius 1 is 1.32 bits per heavy atom. The van der Waals surface area contributed by atoms with Gasteiger partial charge >= 0.3 is 6.18 Å². The largest absolute Gasteiger partial charge is 0.419 e. The fourth-order valence-electron chi connectivity index (χ4n) is 1.55. The van der Waals surface area contributed by atoms with Crippen molar-refractivity contribution in [2.45, 2.75) is 33.0 Å². The highest BCUT2D eigenvalue weighted by atomic mass is 19.4. The summed E-state index contributed by atoms with van der Waals surface area (Å²) in [4.78, 5) is 0. The molecule has 0 aliphatic carbocycles. The van der Waals surface area contributed by atoms with Crippen molar-refractivity contribution in [1.29, 1.82) is 0 Å². The van der Waals surface area contributed by atoms with E-state index in [1.54, 1.807) is 6.08 Å². The number of hydrogen-bond acceptors (Lipinski definition) is 1. The lowest BCUT2D eigenvalue weighted by atomic mass is 10.1. The minimum absolute atomic E-state index is 0.294. The summed E-state index contributed by atoms with van der Waals surface area (Å²) in [6.07, 6.45) is -3.05. The third-order valence-electron chi connectivity index (χ3n) is 2.50. The lowest BCUT2D eigenvalue weighted by Gasteiger charge is -2.10. The number of rotatable bonds is 4. The van der Waals surface area contributed by atoms with E-state index in [2.05, 4.69) is 5.32 Å². The van der Waals surface area contributed by atoms with Gasteiger partial charge in [-0.1, -0.05) is 31.6 Å². The lowest BCUT2D eigenvalue weighted by Crippen LogP contribution is -2.24. The molecule has 0 aliphatic heterocycles. The second-order valence-corrected chi connectivity index (χ2v) is 4.76. The van der Waals surface area contributed by atoms with E-state index < -0.39 is 17.6 Å². The van der Waals surface area contributed by atoms with E-state index in [4.69, 9.17) is 0 Å². The van der Waals surface area contributed by atoms with E-state index in [0.717, 1.165) is 17.7 Å². The molecule has 0 atom stereocenters. The monoisotopic (exact) mass is 275 g/mol. The fraction of sp³-hybridized carbons (Fsp3) is 0.429. The first-order chi connectivity index (χ1) is 8.70. The molecule has 0 aliphatic rings. The molecule has 0 bridgehead atoms. The minimum Gasteiger partial charge on any atom is -0.311 e. The van der Waals surface area contributed by atoms with Crippen LogP contribution in [0, 0.1) is 5.82 Å². The van der Waals surface area contributed by atoms with Crippen molar-refractivity contribution < 1.29 is 17.6 Å². The highest BCUT2D eigenvalue weighted by Gasteiger charge is 2.33. The van der Waals surface area contributed by atoms with Gasteiger partial charge in [-0.15, -0.1) is 0 Å². The van der Waals surface area contributed by atoms with Crippen LogP contribution in [0.2, 0.25) is 0 Å². The van der Waals surface area contributed by atoms with Crippen LogP contribution < -0.4 is 5.32 Å². The molecule has 106 valence electrons. The quantitative estimate of drug-likeness (QED) is 0.810. The number of hydrogen-bond donors (Lipinski definition) is 1. The van der Waals surface area contributed by atoms with Crippen LogP contribution in [0.3, 0.4) is 0 Å². The van der Waals surface area contributed by atoms with E-state index in [0.29, 0.717) is 18.2 Å². The molecule has 0 aromatic heterocycles. The standard InChI is InChI=1S/C14H17F4N/c1-9(2)19-8-10(3)6-11-4-5-13(15)12(7-11)14(16,17)18/h4-7,9,19H,8H2,1-3H3/b10-6+. The summed E-state index contributed by atoms with van der Waals surface area (Å²) in [6.45, 7) is 6.35. The molecule has 0 saturated carbocycles. The highest BCUT2D eigenvalue weighted by Crippen LogP contribution is 2.32. The maximum Gasteiger partial charge on any atom is 0.419 e. The van der Waals surface area contributed by atoms with Crippen LogP contribution in [0.5, 0.6) is 0 Å². The van der Waals surface area contributed by atoms with E-state index >= 15 is 0 Å². The summed E-state index contributed by atoms with van der Waals surface area (Å²) in [5, 5.41) is 3.16.